The number of aliphatic hydroxyl groups is 1. The van der Waals surface area contributed by atoms with Crippen LogP contribution in [-0.4, -0.2) is 60.4 Å². The van der Waals surface area contributed by atoms with Gasteiger partial charge in [-0.15, -0.1) is 0 Å². The summed E-state index contributed by atoms with van der Waals surface area (Å²) in [6.07, 6.45) is -0.257. The van der Waals surface area contributed by atoms with Crippen LogP contribution < -0.4 is 5.32 Å². The summed E-state index contributed by atoms with van der Waals surface area (Å²) >= 11 is 0. The molecule has 0 aromatic carbocycles. The van der Waals surface area contributed by atoms with Crippen LogP contribution in [0.2, 0.25) is 0 Å². The number of hydrogen-bond acceptors (Lipinski definition) is 4. The minimum absolute atomic E-state index is 0.0452. The molecular formula is C11H22N2O3. The first-order valence-electron chi connectivity index (χ1n) is 5.64. The van der Waals surface area contributed by atoms with Crippen LogP contribution in [0.25, 0.3) is 0 Å². The zero-order chi connectivity index (χ0) is 12.3. The van der Waals surface area contributed by atoms with Crippen molar-refractivity contribution in [1.82, 2.24) is 10.2 Å². The molecule has 0 aromatic heterocycles. The van der Waals surface area contributed by atoms with E-state index in [1.54, 1.807) is 11.9 Å². The van der Waals surface area contributed by atoms with Crippen LogP contribution in [-0.2, 0) is 9.53 Å². The number of carbonyl (C=O) groups excluding carboxylic acids is 1. The van der Waals surface area contributed by atoms with E-state index in [1.165, 1.54) is 0 Å². The van der Waals surface area contributed by atoms with Crippen molar-refractivity contribution in [2.24, 2.45) is 0 Å². The molecule has 0 aromatic rings. The van der Waals surface area contributed by atoms with Gasteiger partial charge in [-0.3, -0.25) is 4.79 Å². The molecular weight excluding hydrogens is 208 g/mol. The predicted molar refractivity (Wildman–Crippen MR) is 61.1 cm³/mol. The third-order valence-electron chi connectivity index (χ3n) is 3.13. The second kappa shape index (κ2) is 5.12. The van der Waals surface area contributed by atoms with E-state index in [2.05, 4.69) is 5.32 Å². The Labute approximate surface area is 96.8 Å². The monoisotopic (exact) mass is 230 g/mol. The van der Waals surface area contributed by atoms with E-state index in [0.29, 0.717) is 13.2 Å². The Morgan fingerprint density at radius 3 is 2.75 bits per heavy atom. The molecule has 94 valence electrons. The first-order valence-corrected chi connectivity index (χ1v) is 5.64. The van der Waals surface area contributed by atoms with Gasteiger partial charge in [0.15, 0.2) is 0 Å². The Morgan fingerprint density at radius 2 is 2.25 bits per heavy atom. The fourth-order valence-corrected chi connectivity index (χ4v) is 1.68. The minimum atomic E-state index is -0.578. The van der Waals surface area contributed by atoms with Gasteiger partial charge in [-0.25, -0.2) is 0 Å². The molecule has 2 N–H and O–H groups in total. The summed E-state index contributed by atoms with van der Waals surface area (Å²) in [5, 5.41) is 12.1. The first-order chi connectivity index (χ1) is 7.42. The van der Waals surface area contributed by atoms with Crippen LogP contribution in [0.1, 0.15) is 20.8 Å². The highest BCUT2D eigenvalue weighted by Gasteiger charge is 2.36. The lowest BCUT2D eigenvalue weighted by Crippen LogP contribution is -2.60. The van der Waals surface area contributed by atoms with E-state index in [4.69, 9.17) is 9.84 Å². The van der Waals surface area contributed by atoms with Crippen molar-refractivity contribution in [1.29, 1.82) is 0 Å². The number of likely N-dealkylation sites (N-methyl/N-ethyl adjacent to an activating group) is 1. The van der Waals surface area contributed by atoms with Crippen molar-refractivity contribution < 1.29 is 14.6 Å². The highest BCUT2D eigenvalue weighted by atomic mass is 16.5. The van der Waals surface area contributed by atoms with Gasteiger partial charge < -0.3 is 20.1 Å². The Kier molecular flexibility index (Phi) is 4.29. The van der Waals surface area contributed by atoms with E-state index in [1.807, 2.05) is 20.8 Å². The lowest BCUT2D eigenvalue weighted by Gasteiger charge is -2.41. The van der Waals surface area contributed by atoms with Gasteiger partial charge in [0.2, 0.25) is 5.91 Å². The second-order valence-corrected chi connectivity index (χ2v) is 4.82. The standard InChI is InChI=1S/C11H22N2O3/c1-8-7-16-9(6-14)5-13(8)10(15)11(2,3)12-4/h8-9,12,14H,5-7H2,1-4H3. The molecule has 1 amide bonds. The van der Waals surface area contributed by atoms with Crippen molar-refractivity contribution in [2.45, 2.75) is 38.5 Å². The topological polar surface area (TPSA) is 61.8 Å². The molecule has 0 aliphatic carbocycles. The summed E-state index contributed by atoms with van der Waals surface area (Å²) < 4.78 is 5.40. The smallest absolute Gasteiger partial charge is 0.242 e. The van der Waals surface area contributed by atoms with Crippen LogP contribution in [0.5, 0.6) is 0 Å². The number of hydrogen-bond donors (Lipinski definition) is 2. The van der Waals surface area contributed by atoms with Crippen LogP contribution in [0.3, 0.4) is 0 Å². The summed E-state index contributed by atoms with van der Waals surface area (Å²) in [5.74, 6) is 0.0456. The fraction of sp³-hybridized carbons (Fsp3) is 0.909. The van der Waals surface area contributed by atoms with Gasteiger partial charge in [-0.2, -0.15) is 0 Å². The second-order valence-electron chi connectivity index (χ2n) is 4.82. The van der Waals surface area contributed by atoms with Gasteiger partial charge in [-0.1, -0.05) is 0 Å². The van der Waals surface area contributed by atoms with Crippen molar-refractivity contribution in [3.05, 3.63) is 0 Å². The number of morpholine rings is 1. The first kappa shape index (κ1) is 13.4. The number of ether oxygens (including phenoxy) is 1. The summed E-state index contributed by atoms with van der Waals surface area (Å²) in [5.41, 5.74) is -0.578. The summed E-state index contributed by atoms with van der Waals surface area (Å²) in [4.78, 5) is 14.0. The largest absolute Gasteiger partial charge is 0.394 e. The zero-order valence-electron chi connectivity index (χ0n) is 10.5. The molecule has 1 saturated heterocycles. The van der Waals surface area contributed by atoms with Crippen LogP contribution in [0, 0.1) is 0 Å². The Bertz CT molecular complexity index is 256. The lowest BCUT2D eigenvalue weighted by atomic mass is 10.0. The van der Waals surface area contributed by atoms with Gasteiger partial charge >= 0.3 is 0 Å². The predicted octanol–water partition coefficient (Wildman–Crippen LogP) is -0.407. The van der Waals surface area contributed by atoms with Crippen molar-refractivity contribution >= 4 is 5.91 Å². The van der Waals surface area contributed by atoms with E-state index in [9.17, 15) is 4.79 Å². The van der Waals surface area contributed by atoms with Gasteiger partial charge in [0.25, 0.3) is 0 Å². The SMILES string of the molecule is CNC(C)(C)C(=O)N1CC(CO)OCC1C. The Morgan fingerprint density at radius 1 is 1.62 bits per heavy atom. The summed E-state index contributed by atoms with van der Waals surface area (Å²) in [7, 11) is 1.77. The molecule has 1 fully saturated rings. The number of rotatable bonds is 3. The van der Waals surface area contributed by atoms with E-state index < -0.39 is 5.54 Å². The summed E-state index contributed by atoms with van der Waals surface area (Å²) in [6, 6.07) is 0.0583. The molecule has 16 heavy (non-hydrogen) atoms. The van der Waals surface area contributed by atoms with Gasteiger partial charge in [0.1, 0.15) is 0 Å². The molecule has 0 saturated carbocycles. The molecule has 1 aliphatic heterocycles. The maximum atomic E-state index is 12.2. The lowest BCUT2D eigenvalue weighted by molar-refractivity contribution is -0.151. The van der Waals surface area contributed by atoms with Gasteiger partial charge in [0.05, 0.1) is 30.9 Å². The average Bonchev–Trinajstić information content (AvgIpc) is 2.29. The maximum absolute atomic E-state index is 12.2. The number of amides is 1. The van der Waals surface area contributed by atoms with Gasteiger partial charge in [-0.05, 0) is 27.8 Å². The average molecular weight is 230 g/mol. The van der Waals surface area contributed by atoms with Crippen molar-refractivity contribution in [3.8, 4) is 0 Å². The fourth-order valence-electron chi connectivity index (χ4n) is 1.68. The molecule has 1 heterocycles. The third-order valence-corrected chi connectivity index (χ3v) is 3.13. The van der Waals surface area contributed by atoms with E-state index >= 15 is 0 Å². The van der Waals surface area contributed by atoms with Crippen molar-refractivity contribution in [2.75, 3.05) is 26.8 Å². The van der Waals surface area contributed by atoms with E-state index in [-0.39, 0.29) is 24.7 Å². The zero-order valence-corrected chi connectivity index (χ0v) is 10.5. The molecule has 0 radical (unpaired) electrons. The minimum Gasteiger partial charge on any atom is -0.394 e. The number of carbonyl (C=O) groups is 1. The highest BCUT2D eigenvalue weighted by Crippen LogP contribution is 2.16. The summed E-state index contributed by atoms with van der Waals surface area (Å²) in [6.45, 7) is 6.56. The molecule has 1 aliphatic rings. The number of nitrogens with one attached hydrogen (secondary N) is 1. The molecule has 1 rings (SSSR count). The van der Waals surface area contributed by atoms with Crippen LogP contribution in [0.4, 0.5) is 0 Å². The molecule has 2 atom stereocenters. The van der Waals surface area contributed by atoms with Gasteiger partial charge in [0, 0.05) is 6.54 Å². The highest BCUT2D eigenvalue weighted by molar-refractivity contribution is 5.85. The Hall–Kier alpha value is -0.650. The third kappa shape index (κ3) is 2.72. The number of aliphatic hydroxyl groups excluding tert-OH is 1. The van der Waals surface area contributed by atoms with Crippen LogP contribution in [0.15, 0.2) is 0 Å². The van der Waals surface area contributed by atoms with Crippen molar-refractivity contribution in [3.63, 3.8) is 0 Å². The molecule has 0 bridgehead atoms. The molecule has 2 unspecified atom stereocenters. The maximum Gasteiger partial charge on any atom is 0.242 e. The van der Waals surface area contributed by atoms with E-state index in [0.717, 1.165) is 0 Å². The van der Waals surface area contributed by atoms with Crippen LogP contribution >= 0.6 is 0 Å². The normalized spacial score (nSPS) is 26.9. The molecule has 5 nitrogen and oxygen atoms in total. The number of nitrogens with zero attached hydrogens (tertiary/aromatic N) is 1. The molecule has 5 heteroatoms. The quantitative estimate of drug-likeness (QED) is 0.692. The Balaban J connectivity index is 2.73. The molecule has 0 spiro atoms.